The quantitative estimate of drug-likeness (QED) is 0.145. The van der Waals surface area contributed by atoms with Crippen molar-refractivity contribution >= 4 is 46.2 Å². The molecule has 0 bridgehead atoms. The number of halogens is 3. The molecule has 0 radical (unpaired) electrons. The zero-order chi connectivity index (χ0) is 30.6. The van der Waals surface area contributed by atoms with Crippen LogP contribution in [0.3, 0.4) is 0 Å². The first-order chi connectivity index (χ1) is 20.2. The summed E-state index contributed by atoms with van der Waals surface area (Å²) in [5.74, 6) is -0.237. The van der Waals surface area contributed by atoms with Crippen LogP contribution in [0.15, 0.2) is 60.7 Å². The summed E-state index contributed by atoms with van der Waals surface area (Å²) in [6.45, 7) is 19.6. The van der Waals surface area contributed by atoms with Gasteiger partial charge in [0.1, 0.15) is 0 Å². The summed E-state index contributed by atoms with van der Waals surface area (Å²) >= 11 is 21.3. The largest absolute Gasteiger partial charge is 0.381 e. The van der Waals surface area contributed by atoms with E-state index in [-0.39, 0.29) is 18.0 Å². The predicted molar refractivity (Wildman–Crippen MR) is 186 cm³/mol. The maximum Gasteiger partial charge on any atom is 0.0679 e. The van der Waals surface area contributed by atoms with Gasteiger partial charge in [0.15, 0.2) is 0 Å². The molecule has 230 valence electrons. The van der Waals surface area contributed by atoms with Crippen molar-refractivity contribution in [2.45, 2.75) is 72.4 Å². The molecule has 3 aromatic rings. The highest BCUT2D eigenvalue weighted by Crippen LogP contribution is 2.45. The Hall–Kier alpha value is -1.95. The van der Waals surface area contributed by atoms with E-state index in [1.807, 2.05) is 18.2 Å². The topological polar surface area (TPSA) is 30.5 Å². The fourth-order valence-electron chi connectivity index (χ4n) is 5.49. The second kappa shape index (κ2) is 17.4. The molecule has 0 saturated carbocycles. The molecule has 3 aromatic carbocycles. The Balaban J connectivity index is 1.96. The van der Waals surface area contributed by atoms with Crippen molar-refractivity contribution in [3.05, 3.63) is 92.4 Å². The molecule has 42 heavy (non-hydrogen) atoms. The first-order valence-electron chi connectivity index (χ1n) is 15.5. The minimum absolute atomic E-state index is 0.237. The van der Waals surface area contributed by atoms with Crippen LogP contribution in [0.1, 0.15) is 77.0 Å². The fraction of sp³-hybridized carbons (Fsp3) is 0.486. The second-order valence-corrected chi connectivity index (χ2v) is 12.3. The van der Waals surface area contributed by atoms with Crippen LogP contribution in [-0.4, -0.2) is 61.2 Å². The summed E-state index contributed by atoms with van der Waals surface area (Å²) < 4.78 is 0. The van der Waals surface area contributed by atoms with Crippen LogP contribution in [0, 0.1) is 0 Å². The van der Waals surface area contributed by atoms with Gasteiger partial charge in [-0.25, -0.2) is 0 Å². The number of rotatable bonds is 17. The van der Waals surface area contributed by atoms with E-state index in [9.17, 15) is 0 Å². The Morgan fingerprint density at radius 2 is 0.976 bits per heavy atom. The SMILES string of the molecule is CCN(CC)CCC(C)Nc1cccc(C(c2ccccc2Cl)c2cccc(NC(C)CCN(CC)CC)c2Cl)c1Cl. The van der Waals surface area contributed by atoms with E-state index in [0.717, 1.165) is 80.2 Å². The van der Waals surface area contributed by atoms with Gasteiger partial charge < -0.3 is 20.4 Å². The third kappa shape index (κ3) is 9.27. The zero-order valence-corrected chi connectivity index (χ0v) is 28.5. The van der Waals surface area contributed by atoms with Gasteiger partial charge in [-0.3, -0.25) is 0 Å². The van der Waals surface area contributed by atoms with Gasteiger partial charge in [-0.15, -0.1) is 0 Å². The highest BCUT2D eigenvalue weighted by Gasteiger charge is 2.26. The summed E-state index contributed by atoms with van der Waals surface area (Å²) in [5.41, 5.74) is 4.77. The van der Waals surface area contributed by atoms with Gasteiger partial charge in [-0.2, -0.15) is 0 Å². The molecule has 0 amide bonds. The van der Waals surface area contributed by atoms with Crippen LogP contribution in [0.4, 0.5) is 11.4 Å². The molecule has 0 fully saturated rings. The van der Waals surface area contributed by atoms with Gasteiger partial charge in [0.2, 0.25) is 0 Å². The van der Waals surface area contributed by atoms with E-state index >= 15 is 0 Å². The standard InChI is InChI=1S/C35H49Cl3N4/c1-7-41(8-2)23-21-25(5)39-31-19-13-16-28(34(31)37)33(27-15-11-12-18-30(27)36)29-17-14-20-32(35(29)38)40-26(6)22-24-42(9-3)10-4/h11-20,25-26,33,39-40H,7-10,21-24H2,1-6H3. The molecular weight excluding hydrogens is 583 g/mol. The first kappa shape index (κ1) is 34.5. The average Bonchev–Trinajstić information content (AvgIpc) is 2.98. The normalized spacial score (nSPS) is 13.8. The summed E-state index contributed by atoms with van der Waals surface area (Å²) in [4.78, 5) is 4.88. The van der Waals surface area contributed by atoms with Crippen LogP contribution in [-0.2, 0) is 0 Å². The Morgan fingerprint density at radius 3 is 1.38 bits per heavy atom. The summed E-state index contributed by atoms with van der Waals surface area (Å²) in [5, 5.41) is 9.41. The van der Waals surface area contributed by atoms with Crippen LogP contribution in [0.5, 0.6) is 0 Å². The van der Waals surface area contributed by atoms with E-state index in [2.05, 4.69) is 104 Å². The lowest BCUT2D eigenvalue weighted by Gasteiger charge is -2.27. The molecule has 0 aliphatic rings. The summed E-state index contributed by atoms with van der Waals surface area (Å²) in [7, 11) is 0. The third-order valence-corrected chi connectivity index (χ3v) is 9.43. The summed E-state index contributed by atoms with van der Waals surface area (Å²) in [6, 6.07) is 20.9. The van der Waals surface area contributed by atoms with Gasteiger partial charge >= 0.3 is 0 Å². The van der Waals surface area contributed by atoms with Crippen molar-refractivity contribution in [3.8, 4) is 0 Å². The first-order valence-corrected chi connectivity index (χ1v) is 16.7. The maximum atomic E-state index is 7.21. The Bertz CT molecular complexity index is 1170. The highest BCUT2D eigenvalue weighted by molar-refractivity contribution is 6.35. The van der Waals surface area contributed by atoms with Crippen molar-refractivity contribution in [2.24, 2.45) is 0 Å². The monoisotopic (exact) mass is 630 g/mol. The van der Waals surface area contributed by atoms with E-state index < -0.39 is 0 Å². The van der Waals surface area contributed by atoms with Gasteiger partial charge in [0, 0.05) is 36.1 Å². The molecule has 0 spiro atoms. The van der Waals surface area contributed by atoms with E-state index in [0.29, 0.717) is 15.1 Å². The molecule has 7 heteroatoms. The van der Waals surface area contributed by atoms with Gasteiger partial charge in [0.25, 0.3) is 0 Å². The molecule has 3 rings (SSSR count). The van der Waals surface area contributed by atoms with Crippen molar-refractivity contribution < 1.29 is 0 Å². The molecule has 0 aromatic heterocycles. The Kier molecular flexibility index (Phi) is 14.3. The smallest absolute Gasteiger partial charge is 0.0679 e. The fourth-order valence-corrected chi connectivity index (χ4v) is 6.31. The molecule has 0 saturated heterocycles. The molecule has 0 aliphatic carbocycles. The lowest BCUT2D eigenvalue weighted by Crippen LogP contribution is -2.28. The van der Waals surface area contributed by atoms with E-state index in [1.54, 1.807) is 0 Å². The Morgan fingerprint density at radius 1 is 0.571 bits per heavy atom. The van der Waals surface area contributed by atoms with Gasteiger partial charge in [-0.05, 0) is 87.8 Å². The molecule has 4 nitrogen and oxygen atoms in total. The number of anilines is 2. The van der Waals surface area contributed by atoms with Crippen LogP contribution in [0.2, 0.25) is 15.1 Å². The van der Waals surface area contributed by atoms with E-state index in [4.69, 9.17) is 34.8 Å². The minimum Gasteiger partial charge on any atom is -0.381 e. The Labute approximate surface area is 269 Å². The number of benzene rings is 3. The minimum atomic E-state index is -0.237. The molecular formula is C35H49Cl3N4. The molecule has 0 heterocycles. The predicted octanol–water partition coefficient (Wildman–Crippen LogP) is 9.89. The van der Waals surface area contributed by atoms with Gasteiger partial charge in [-0.1, -0.05) is 105 Å². The van der Waals surface area contributed by atoms with Crippen molar-refractivity contribution in [1.82, 2.24) is 9.80 Å². The third-order valence-electron chi connectivity index (χ3n) is 8.24. The molecule has 2 N–H and O–H groups in total. The average molecular weight is 632 g/mol. The summed E-state index contributed by atoms with van der Waals surface area (Å²) in [6.07, 6.45) is 2.06. The van der Waals surface area contributed by atoms with E-state index in [1.165, 1.54) is 0 Å². The van der Waals surface area contributed by atoms with Crippen molar-refractivity contribution in [3.63, 3.8) is 0 Å². The number of nitrogens with one attached hydrogen (secondary N) is 2. The second-order valence-electron chi connectivity index (χ2n) is 11.1. The maximum absolute atomic E-state index is 7.21. The van der Waals surface area contributed by atoms with Crippen LogP contribution >= 0.6 is 34.8 Å². The lowest BCUT2D eigenvalue weighted by molar-refractivity contribution is 0.295. The molecule has 2 unspecified atom stereocenters. The zero-order valence-electron chi connectivity index (χ0n) is 26.2. The lowest BCUT2D eigenvalue weighted by atomic mass is 9.84. The van der Waals surface area contributed by atoms with Crippen molar-refractivity contribution in [1.29, 1.82) is 0 Å². The van der Waals surface area contributed by atoms with Crippen LogP contribution < -0.4 is 10.6 Å². The highest BCUT2D eigenvalue weighted by atomic mass is 35.5. The number of nitrogens with zero attached hydrogens (tertiary/aromatic N) is 2. The van der Waals surface area contributed by atoms with Crippen molar-refractivity contribution in [2.75, 3.05) is 49.9 Å². The van der Waals surface area contributed by atoms with Gasteiger partial charge in [0.05, 0.1) is 21.4 Å². The molecule has 0 aliphatic heterocycles. The number of hydrogen-bond donors (Lipinski definition) is 2. The number of hydrogen-bond acceptors (Lipinski definition) is 4. The molecule has 2 atom stereocenters. The van der Waals surface area contributed by atoms with Crippen LogP contribution in [0.25, 0.3) is 0 Å².